The second kappa shape index (κ2) is 8.90. The molecule has 4 aliphatic rings. The quantitative estimate of drug-likeness (QED) is 0.126. The summed E-state index contributed by atoms with van der Waals surface area (Å²) in [4.78, 5) is 13.0. The Morgan fingerprint density at radius 2 is 1.50 bits per heavy atom. The third-order valence-corrected chi connectivity index (χ3v) is 12.2. The van der Waals surface area contributed by atoms with Crippen LogP contribution in [0, 0.1) is 34.4 Å². The van der Waals surface area contributed by atoms with Crippen molar-refractivity contribution < 1.29 is 22.5 Å². The summed E-state index contributed by atoms with van der Waals surface area (Å²) in [5.41, 5.74) is 1.12. The highest BCUT2D eigenvalue weighted by atomic mass is 127. The summed E-state index contributed by atoms with van der Waals surface area (Å²) in [7, 11) is -4.38. The maximum atomic E-state index is 13.0. The lowest BCUT2D eigenvalue weighted by molar-refractivity contribution is -0.00373. The highest BCUT2D eigenvalue weighted by Crippen LogP contribution is 2.60. The Morgan fingerprint density at radius 3 is 2.09 bits per heavy atom. The number of carbonyl (C=O) groups excluding carboxylic acids is 1. The second-order valence-corrected chi connectivity index (χ2v) is 14.0. The molecule has 0 saturated heterocycles. The molecule has 0 unspecified atom stereocenters. The van der Waals surface area contributed by atoms with E-state index in [0.717, 1.165) is 48.2 Å². The van der Waals surface area contributed by atoms with Gasteiger partial charge in [0, 0.05) is 10.7 Å². The topological polar surface area (TPSA) is 80.7 Å². The first-order valence-corrected chi connectivity index (χ1v) is 15.3. The number of rotatable bonds is 4. The molecule has 4 bridgehead atoms. The molecule has 1 N–H and O–H groups in total. The van der Waals surface area contributed by atoms with Gasteiger partial charge in [-0.25, -0.2) is 4.79 Å². The lowest BCUT2D eigenvalue weighted by atomic mass is 9.51. The molecule has 0 radical (unpaired) electrons. The summed E-state index contributed by atoms with van der Waals surface area (Å²) in [6, 6.07) is 8.37. The Kier molecular flexibility index (Phi) is 6.60. The van der Waals surface area contributed by atoms with Gasteiger partial charge in [0.25, 0.3) is 10.1 Å². The number of benzene rings is 2. The van der Waals surface area contributed by atoms with Gasteiger partial charge in [0.15, 0.2) is 0 Å². The summed E-state index contributed by atoms with van der Waals surface area (Å²) in [5, 5.41) is 0. The minimum Gasteiger partial charge on any atom is -0.423 e. The Balaban J connectivity index is 1.52. The normalized spacial score (nSPS) is 28.7. The molecule has 0 spiro atoms. The SMILES string of the molecule is O=C(Oc1ccc(S(=O)(=O)O)c(C2C3CC4CC(C3)CC2C4)c1)c1c(I)ccc(I)c1I. The van der Waals surface area contributed by atoms with Crippen LogP contribution in [-0.2, 0) is 10.1 Å². The minimum atomic E-state index is -4.38. The molecule has 4 saturated carbocycles. The van der Waals surface area contributed by atoms with Crippen LogP contribution >= 0.6 is 67.8 Å². The average molecular weight is 790 g/mol. The minimum absolute atomic E-state index is 0.0480. The molecule has 5 nitrogen and oxygen atoms in total. The Bertz CT molecular complexity index is 1180. The van der Waals surface area contributed by atoms with E-state index in [-0.39, 0.29) is 10.8 Å². The standard InChI is InChI=1S/C23H21I3O5S/c24-17-2-3-18(25)22(26)21(17)23(27)31-15-1-4-19(32(28,29)30)16(10-15)20-13-6-11-5-12(8-13)9-14(20)7-11/h1-4,10-14,20H,5-9H2,(H,28,29,30). The van der Waals surface area contributed by atoms with Gasteiger partial charge < -0.3 is 4.74 Å². The molecule has 2 aromatic carbocycles. The first-order chi connectivity index (χ1) is 15.1. The molecule has 0 atom stereocenters. The van der Waals surface area contributed by atoms with Gasteiger partial charge >= 0.3 is 5.97 Å². The zero-order chi connectivity index (χ0) is 22.8. The van der Waals surface area contributed by atoms with Crippen molar-refractivity contribution in [3.63, 3.8) is 0 Å². The number of hydrogen-bond acceptors (Lipinski definition) is 4. The van der Waals surface area contributed by atoms with Gasteiger partial charge in [-0.1, -0.05) is 0 Å². The van der Waals surface area contributed by atoms with Crippen LogP contribution in [0.3, 0.4) is 0 Å². The van der Waals surface area contributed by atoms with Crippen LogP contribution in [0.5, 0.6) is 5.75 Å². The number of esters is 1. The predicted molar refractivity (Wildman–Crippen MR) is 146 cm³/mol. The van der Waals surface area contributed by atoms with E-state index in [4.69, 9.17) is 4.74 Å². The van der Waals surface area contributed by atoms with E-state index in [9.17, 15) is 17.8 Å². The van der Waals surface area contributed by atoms with Crippen LogP contribution in [-0.4, -0.2) is 18.9 Å². The molecule has 9 heteroatoms. The first kappa shape index (κ1) is 23.7. The van der Waals surface area contributed by atoms with Crippen LogP contribution in [0.25, 0.3) is 0 Å². The fourth-order valence-corrected chi connectivity index (χ4v) is 9.45. The molecular formula is C23H21I3O5S. The predicted octanol–water partition coefficient (Wildman–Crippen LogP) is 6.51. The van der Waals surface area contributed by atoms with E-state index in [2.05, 4.69) is 67.8 Å². The van der Waals surface area contributed by atoms with Crippen molar-refractivity contribution in [1.82, 2.24) is 0 Å². The first-order valence-electron chi connectivity index (χ1n) is 10.6. The summed E-state index contributed by atoms with van der Waals surface area (Å²) >= 11 is 6.45. The number of carbonyl (C=O) groups is 1. The van der Waals surface area contributed by atoms with Crippen LogP contribution in [0.15, 0.2) is 35.2 Å². The summed E-state index contributed by atoms with van der Waals surface area (Å²) < 4.78 is 42.7. The van der Waals surface area contributed by atoms with E-state index >= 15 is 0 Å². The van der Waals surface area contributed by atoms with Gasteiger partial charge in [0.05, 0.1) is 10.5 Å². The lowest BCUT2D eigenvalue weighted by Crippen LogP contribution is -2.44. The summed E-state index contributed by atoms with van der Waals surface area (Å²) in [6.45, 7) is 0. The highest BCUT2D eigenvalue weighted by molar-refractivity contribution is 14.1. The van der Waals surface area contributed by atoms with Gasteiger partial charge in [-0.3, -0.25) is 4.55 Å². The molecule has 0 aliphatic heterocycles. The monoisotopic (exact) mass is 790 g/mol. The molecule has 4 aliphatic carbocycles. The van der Waals surface area contributed by atoms with E-state index < -0.39 is 16.1 Å². The fourth-order valence-electron chi connectivity index (χ4n) is 6.39. The number of ether oxygens (including phenoxy) is 1. The summed E-state index contributed by atoms with van der Waals surface area (Å²) in [5.74, 6) is 2.27. The molecule has 2 aromatic rings. The largest absolute Gasteiger partial charge is 0.423 e. The van der Waals surface area contributed by atoms with Crippen molar-refractivity contribution in [2.75, 3.05) is 0 Å². The summed E-state index contributed by atoms with van der Waals surface area (Å²) in [6.07, 6.45) is 5.77. The van der Waals surface area contributed by atoms with E-state index in [1.165, 1.54) is 18.6 Å². The third-order valence-electron chi connectivity index (χ3n) is 7.30. The molecule has 4 fully saturated rings. The van der Waals surface area contributed by atoms with Crippen molar-refractivity contribution in [2.45, 2.75) is 42.9 Å². The van der Waals surface area contributed by atoms with E-state index in [1.807, 2.05) is 12.1 Å². The molecule has 0 aromatic heterocycles. The average Bonchev–Trinajstić information content (AvgIpc) is 2.69. The van der Waals surface area contributed by atoms with Crippen molar-refractivity contribution in [2.24, 2.45) is 23.7 Å². The van der Waals surface area contributed by atoms with Crippen LogP contribution < -0.4 is 4.74 Å². The molecule has 0 amide bonds. The molecule has 0 heterocycles. The van der Waals surface area contributed by atoms with E-state index in [0.29, 0.717) is 28.7 Å². The number of halogens is 3. The van der Waals surface area contributed by atoms with Gasteiger partial charge in [-0.05, 0) is 165 Å². The van der Waals surface area contributed by atoms with Gasteiger partial charge in [0.2, 0.25) is 0 Å². The second-order valence-electron chi connectivity index (χ2n) is 9.24. The Morgan fingerprint density at radius 1 is 0.906 bits per heavy atom. The number of hydrogen-bond donors (Lipinski definition) is 1. The zero-order valence-corrected chi connectivity index (χ0v) is 24.2. The molecule has 170 valence electrons. The molecule has 6 rings (SSSR count). The van der Waals surface area contributed by atoms with Gasteiger partial charge in [-0.15, -0.1) is 0 Å². The van der Waals surface area contributed by atoms with Gasteiger partial charge in [0.1, 0.15) is 5.75 Å². The smallest absolute Gasteiger partial charge is 0.345 e. The van der Waals surface area contributed by atoms with Crippen molar-refractivity contribution in [1.29, 1.82) is 0 Å². The maximum absolute atomic E-state index is 13.0. The van der Waals surface area contributed by atoms with E-state index in [1.54, 1.807) is 6.07 Å². The molecular weight excluding hydrogens is 769 g/mol. The lowest BCUT2D eigenvalue weighted by Gasteiger charge is -2.54. The van der Waals surface area contributed by atoms with Crippen molar-refractivity contribution in [3.8, 4) is 5.75 Å². The van der Waals surface area contributed by atoms with Crippen LogP contribution in [0.4, 0.5) is 0 Å². The van der Waals surface area contributed by atoms with Crippen molar-refractivity contribution in [3.05, 3.63) is 52.2 Å². The molecule has 32 heavy (non-hydrogen) atoms. The fraction of sp³-hybridized carbons (Fsp3) is 0.435. The van der Waals surface area contributed by atoms with Crippen LogP contribution in [0.1, 0.15) is 53.9 Å². The highest BCUT2D eigenvalue weighted by Gasteiger charge is 2.49. The zero-order valence-electron chi connectivity index (χ0n) is 16.9. The van der Waals surface area contributed by atoms with Crippen molar-refractivity contribution >= 4 is 83.9 Å². The Labute approximate surface area is 228 Å². The van der Waals surface area contributed by atoms with Crippen LogP contribution in [0.2, 0.25) is 0 Å². The Hall–Kier alpha value is 0.0100. The van der Waals surface area contributed by atoms with Gasteiger partial charge in [-0.2, -0.15) is 8.42 Å². The third kappa shape index (κ3) is 4.37. The maximum Gasteiger partial charge on any atom is 0.345 e.